The zero-order valence-corrected chi connectivity index (χ0v) is 20.7. The third-order valence-electron chi connectivity index (χ3n) is 9.85. The second-order valence-corrected chi connectivity index (χ2v) is 11.4. The van der Waals surface area contributed by atoms with Crippen LogP contribution in [0.15, 0.2) is 11.6 Å². The Hall–Kier alpha value is -1.12. The van der Waals surface area contributed by atoms with Gasteiger partial charge in [0.25, 0.3) is 0 Å². The molecule has 4 aliphatic carbocycles. The number of carbonyl (C=O) groups excluding carboxylic acids is 2. The molecule has 0 N–H and O–H groups in total. The number of carbonyl (C=O) groups is 2. The standard InChI is InChI=1S/C29H46O3/c1-3-5-6-7-8-9-10-11-28(31)32-27-17-16-26-25-14-12-21-20-22(30)13-15-23(21)24(25)18-19-29(26,27)4-2/h20,23-27H,3-19H2,1-2H3/t23-,24+,25+,26-,27-,29-/m0/s1. The summed E-state index contributed by atoms with van der Waals surface area (Å²) in [4.78, 5) is 24.6. The molecule has 0 amide bonds. The van der Waals surface area contributed by atoms with Gasteiger partial charge in [0.2, 0.25) is 0 Å². The predicted octanol–water partition coefficient (Wildman–Crippen LogP) is 7.57. The lowest BCUT2D eigenvalue weighted by Crippen LogP contribution is -2.49. The van der Waals surface area contributed by atoms with Gasteiger partial charge in [-0.1, -0.05) is 57.9 Å². The number of rotatable bonds is 10. The number of ether oxygens (including phenoxy) is 1. The maximum Gasteiger partial charge on any atom is 0.306 e. The van der Waals surface area contributed by atoms with E-state index in [1.165, 1.54) is 63.4 Å². The first-order valence-corrected chi connectivity index (χ1v) is 14.0. The van der Waals surface area contributed by atoms with Gasteiger partial charge in [0.15, 0.2) is 5.78 Å². The molecule has 0 saturated heterocycles. The van der Waals surface area contributed by atoms with Crippen LogP contribution in [0, 0.1) is 29.1 Å². The lowest BCUT2D eigenvalue weighted by molar-refractivity contribution is -0.160. The van der Waals surface area contributed by atoms with Crippen molar-refractivity contribution in [1.82, 2.24) is 0 Å². The molecule has 0 aromatic carbocycles. The zero-order chi connectivity index (χ0) is 22.6. The largest absolute Gasteiger partial charge is 0.462 e. The fourth-order valence-corrected chi connectivity index (χ4v) is 8.23. The molecule has 0 unspecified atom stereocenters. The van der Waals surface area contributed by atoms with Crippen molar-refractivity contribution in [1.29, 1.82) is 0 Å². The Morgan fingerprint density at radius 3 is 2.50 bits per heavy atom. The van der Waals surface area contributed by atoms with Gasteiger partial charge in [-0.3, -0.25) is 9.59 Å². The second kappa shape index (κ2) is 10.9. The minimum atomic E-state index is 0.0545. The number of fused-ring (bicyclic) bond motifs is 5. The van der Waals surface area contributed by atoms with Crippen molar-refractivity contribution in [3.05, 3.63) is 11.6 Å². The summed E-state index contributed by atoms with van der Waals surface area (Å²) >= 11 is 0. The molecular weight excluding hydrogens is 396 g/mol. The van der Waals surface area contributed by atoms with E-state index < -0.39 is 0 Å². The molecule has 0 aromatic rings. The van der Waals surface area contributed by atoms with Crippen LogP contribution in [-0.2, 0) is 14.3 Å². The van der Waals surface area contributed by atoms with Crippen LogP contribution in [0.1, 0.15) is 123 Å². The summed E-state index contributed by atoms with van der Waals surface area (Å²) in [6.07, 6.45) is 21.5. The number of hydrogen-bond donors (Lipinski definition) is 0. The molecule has 0 radical (unpaired) electrons. The summed E-state index contributed by atoms with van der Waals surface area (Å²) in [5.41, 5.74) is 1.67. The Morgan fingerprint density at radius 2 is 1.72 bits per heavy atom. The zero-order valence-electron chi connectivity index (χ0n) is 20.7. The lowest BCUT2D eigenvalue weighted by atomic mass is 9.51. The lowest BCUT2D eigenvalue weighted by Gasteiger charge is -2.54. The van der Waals surface area contributed by atoms with Crippen LogP contribution in [-0.4, -0.2) is 17.9 Å². The predicted molar refractivity (Wildman–Crippen MR) is 129 cm³/mol. The van der Waals surface area contributed by atoms with Gasteiger partial charge < -0.3 is 4.74 Å². The average molecular weight is 443 g/mol. The van der Waals surface area contributed by atoms with Gasteiger partial charge in [0.1, 0.15) is 6.10 Å². The molecule has 3 heteroatoms. The number of unbranched alkanes of at least 4 members (excludes halogenated alkanes) is 6. The third-order valence-corrected chi connectivity index (χ3v) is 9.85. The summed E-state index contributed by atoms with van der Waals surface area (Å²) in [6, 6.07) is 0. The fourth-order valence-electron chi connectivity index (χ4n) is 8.23. The van der Waals surface area contributed by atoms with E-state index in [2.05, 4.69) is 13.8 Å². The first-order valence-electron chi connectivity index (χ1n) is 14.0. The van der Waals surface area contributed by atoms with E-state index in [9.17, 15) is 9.59 Å². The molecule has 0 aromatic heterocycles. The molecule has 32 heavy (non-hydrogen) atoms. The number of esters is 1. The first-order chi connectivity index (χ1) is 15.6. The Morgan fingerprint density at radius 1 is 0.938 bits per heavy atom. The number of ketones is 1. The van der Waals surface area contributed by atoms with Crippen LogP contribution in [0.3, 0.4) is 0 Å². The Bertz CT molecular complexity index is 695. The van der Waals surface area contributed by atoms with Gasteiger partial charge in [0.05, 0.1) is 0 Å². The van der Waals surface area contributed by atoms with Crippen molar-refractivity contribution in [2.45, 2.75) is 129 Å². The summed E-state index contributed by atoms with van der Waals surface area (Å²) in [5, 5.41) is 0. The molecule has 3 fully saturated rings. The van der Waals surface area contributed by atoms with Gasteiger partial charge in [-0.25, -0.2) is 0 Å². The highest BCUT2D eigenvalue weighted by molar-refractivity contribution is 5.91. The molecule has 3 nitrogen and oxygen atoms in total. The maximum atomic E-state index is 12.7. The Kier molecular flexibility index (Phi) is 8.16. The van der Waals surface area contributed by atoms with Gasteiger partial charge >= 0.3 is 5.97 Å². The van der Waals surface area contributed by atoms with Crippen LogP contribution in [0.25, 0.3) is 0 Å². The van der Waals surface area contributed by atoms with E-state index in [0.29, 0.717) is 24.0 Å². The minimum absolute atomic E-state index is 0.0545. The van der Waals surface area contributed by atoms with Crippen molar-refractivity contribution in [2.75, 3.05) is 0 Å². The fraction of sp³-hybridized carbons (Fsp3) is 0.862. The van der Waals surface area contributed by atoms with Crippen LogP contribution in [0.5, 0.6) is 0 Å². The SMILES string of the molecule is CCCCCCCCCC(=O)O[C@H]1CC[C@H]2[C@@H]3CCC4=CC(=O)CC[C@@H]4[C@H]3CC[C@]12CC. The first kappa shape index (κ1) is 24.0. The second-order valence-electron chi connectivity index (χ2n) is 11.4. The van der Waals surface area contributed by atoms with E-state index in [1.54, 1.807) is 0 Å². The van der Waals surface area contributed by atoms with Crippen LogP contribution in [0.2, 0.25) is 0 Å². The Balaban J connectivity index is 1.31. The topological polar surface area (TPSA) is 43.4 Å². The minimum Gasteiger partial charge on any atom is -0.462 e. The van der Waals surface area contributed by atoms with Crippen molar-refractivity contribution in [3.63, 3.8) is 0 Å². The smallest absolute Gasteiger partial charge is 0.306 e. The van der Waals surface area contributed by atoms with Gasteiger partial charge in [-0.15, -0.1) is 0 Å². The normalized spacial score (nSPS) is 36.1. The van der Waals surface area contributed by atoms with Gasteiger partial charge in [-0.2, -0.15) is 0 Å². The van der Waals surface area contributed by atoms with Crippen LogP contribution >= 0.6 is 0 Å². The molecule has 4 aliphatic rings. The van der Waals surface area contributed by atoms with Crippen LogP contribution < -0.4 is 0 Å². The molecule has 6 atom stereocenters. The summed E-state index contributed by atoms with van der Waals surface area (Å²) in [6.45, 7) is 4.59. The number of hydrogen-bond acceptors (Lipinski definition) is 3. The molecule has 0 spiro atoms. The molecular formula is C29H46O3. The summed E-state index contributed by atoms with van der Waals surface area (Å²) in [7, 11) is 0. The van der Waals surface area contributed by atoms with Crippen molar-refractivity contribution in [3.8, 4) is 0 Å². The molecule has 4 rings (SSSR count). The monoisotopic (exact) mass is 442 g/mol. The van der Waals surface area contributed by atoms with Gasteiger partial charge in [-0.05, 0) is 87.5 Å². The third kappa shape index (κ3) is 4.87. The van der Waals surface area contributed by atoms with E-state index >= 15 is 0 Å². The van der Waals surface area contributed by atoms with Gasteiger partial charge in [0, 0.05) is 18.3 Å². The van der Waals surface area contributed by atoms with Crippen molar-refractivity contribution in [2.24, 2.45) is 29.1 Å². The molecule has 0 heterocycles. The molecule has 3 saturated carbocycles. The molecule has 0 bridgehead atoms. The highest BCUT2D eigenvalue weighted by Gasteiger charge is 2.58. The van der Waals surface area contributed by atoms with Crippen molar-refractivity contribution >= 4 is 11.8 Å². The maximum absolute atomic E-state index is 12.7. The van der Waals surface area contributed by atoms with E-state index in [4.69, 9.17) is 4.74 Å². The highest BCUT2D eigenvalue weighted by Crippen LogP contribution is 2.63. The summed E-state index contributed by atoms with van der Waals surface area (Å²) < 4.78 is 6.23. The van der Waals surface area contributed by atoms with Crippen molar-refractivity contribution < 1.29 is 14.3 Å². The quantitative estimate of drug-likeness (QED) is 0.259. The van der Waals surface area contributed by atoms with E-state index in [1.807, 2.05) is 6.08 Å². The number of allylic oxidation sites excluding steroid dienone is 1. The van der Waals surface area contributed by atoms with E-state index in [0.717, 1.165) is 56.8 Å². The highest BCUT2D eigenvalue weighted by atomic mass is 16.5. The molecule has 0 aliphatic heterocycles. The van der Waals surface area contributed by atoms with Crippen LogP contribution in [0.4, 0.5) is 0 Å². The summed E-state index contributed by atoms with van der Waals surface area (Å²) in [5.74, 6) is 3.30. The average Bonchev–Trinajstić information content (AvgIpc) is 3.16. The van der Waals surface area contributed by atoms with E-state index in [-0.39, 0.29) is 17.5 Å². The Labute approximate surface area is 196 Å². The molecule has 180 valence electrons.